The zero-order chi connectivity index (χ0) is 34.9. The first-order chi connectivity index (χ1) is 22.9. The van der Waals surface area contributed by atoms with Crippen LogP contribution in [0.1, 0.15) is 93.4 Å². The van der Waals surface area contributed by atoms with Crippen molar-refractivity contribution in [1.82, 2.24) is 0 Å². The van der Waals surface area contributed by atoms with Gasteiger partial charge >= 0.3 is 5.97 Å². The fraction of sp³-hybridized carbons (Fsp3) is 0.921. The summed E-state index contributed by atoms with van der Waals surface area (Å²) >= 11 is 0. The summed E-state index contributed by atoms with van der Waals surface area (Å²) in [5, 5.41) is 31.0. The molecule has 11 nitrogen and oxygen atoms in total. The van der Waals surface area contributed by atoms with Crippen molar-refractivity contribution in [2.75, 3.05) is 13.7 Å². The van der Waals surface area contributed by atoms with Crippen LogP contribution in [0.25, 0.3) is 0 Å². The lowest BCUT2D eigenvalue weighted by molar-refractivity contribution is -0.349. The van der Waals surface area contributed by atoms with Crippen LogP contribution < -0.4 is 0 Å². The molecule has 8 fully saturated rings. The van der Waals surface area contributed by atoms with Crippen LogP contribution in [0, 0.1) is 44.8 Å². The normalized spacial score (nSPS) is 60.6. The number of aliphatic hydroxyl groups is 3. The van der Waals surface area contributed by atoms with E-state index in [1.165, 1.54) is 5.57 Å². The highest BCUT2D eigenvalue weighted by Gasteiger charge is 2.85. The van der Waals surface area contributed by atoms with E-state index in [0.717, 1.165) is 38.5 Å². The van der Waals surface area contributed by atoms with Gasteiger partial charge < -0.3 is 48.5 Å². The molecular weight excluding hydrogens is 632 g/mol. The molecule has 9 rings (SSSR count). The van der Waals surface area contributed by atoms with E-state index in [1.807, 2.05) is 6.92 Å². The number of hydrogen-bond donors (Lipinski definition) is 3. The molecule has 0 amide bonds. The molecule has 0 aromatic carbocycles. The molecule has 0 radical (unpaired) electrons. The summed E-state index contributed by atoms with van der Waals surface area (Å²) in [6, 6.07) is 0. The third kappa shape index (κ3) is 3.93. The number of carbonyl (C=O) groups is 1. The predicted octanol–water partition coefficient (Wildman–Crippen LogP) is 3.60. The maximum atomic E-state index is 12.9. The Morgan fingerprint density at radius 3 is 2.43 bits per heavy atom. The first-order valence-corrected chi connectivity index (χ1v) is 18.7. The van der Waals surface area contributed by atoms with Gasteiger partial charge in [-0.15, -0.1) is 0 Å². The SMILES string of the molecule is CO[C@H]1O[C@]2(C[C@@H](C)[C@H]3[C@H](C[C@@]4(C)C5=CCC6C(C)(C)[C@@H](O[C@@H]7OC[C@@H](O)[C@H](O)[C@H]7O)CC[C@@]67C[C@@]57C[C@@H](OC(C)=O)[C@]34C)O2)[C@@H]2O[C@]12C. The fourth-order valence-electron chi connectivity index (χ4n) is 14.0. The molecule has 49 heavy (non-hydrogen) atoms. The van der Waals surface area contributed by atoms with Crippen molar-refractivity contribution in [1.29, 1.82) is 0 Å². The summed E-state index contributed by atoms with van der Waals surface area (Å²) in [6.45, 7) is 15.2. The third-order valence-electron chi connectivity index (χ3n) is 16.3. The molecule has 3 spiro atoms. The molecule has 5 aliphatic carbocycles. The number of epoxide rings is 1. The molecule has 3 N–H and O–H groups in total. The minimum atomic E-state index is -1.31. The fourth-order valence-corrected chi connectivity index (χ4v) is 14.0. The van der Waals surface area contributed by atoms with E-state index in [9.17, 15) is 20.1 Å². The zero-order valence-corrected chi connectivity index (χ0v) is 30.3. The quantitative estimate of drug-likeness (QED) is 0.226. The van der Waals surface area contributed by atoms with Crippen molar-refractivity contribution in [3.63, 3.8) is 0 Å². The van der Waals surface area contributed by atoms with Gasteiger partial charge in [0.25, 0.3) is 0 Å². The molecule has 4 saturated carbocycles. The number of aliphatic hydroxyl groups excluding tert-OH is 3. The molecule has 18 atom stereocenters. The van der Waals surface area contributed by atoms with Crippen molar-refractivity contribution >= 4 is 5.97 Å². The van der Waals surface area contributed by atoms with E-state index in [-0.39, 0.29) is 75.9 Å². The highest BCUT2D eigenvalue weighted by atomic mass is 16.8. The van der Waals surface area contributed by atoms with Crippen LogP contribution >= 0.6 is 0 Å². The number of ether oxygens (including phenoxy) is 7. The Kier molecular flexibility index (Phi) is 6.93. The number of rotatable bonds is 4. The van der Waals surface area contributed by atoms with Gasteiger partial charge in [0.2, 0.25) is 5.79 Å². The van der Waals surface area contributed by atoms with Gasteiger partial charge in [-0.3, -0.25) is 4.79 Å². The van der Waals surface area contributed by atoms with Crippen molar-refractivity contribution < 1.29 is 53.3 Å². The molecule has 4 aliphatic heterocycles. The highest BCUT2D eigenvalue weighted by Crippen LogP contribution is 2.88. The van der Waals surface area contributed by atoms with Crippen LogP contribution in [0.15, 0.2) is 11.6 Å². The van der Waals surface area contributed by atoms with E-state index < -0.39 is 42.3 Å². The van der Waals surface area contributed by atoms with Crippen LogP contribution in [0.5, 0.6) is 0 Å². The Morgan fingerprint density at radius 1 is 0.980 bits per heavy atom. The zero-order valence-electron chi connectivity index (χ0n) is 30.3. The van der Waals surface area contributed by atoms with Crippen molar-refractivity contribution in [3.05, 3.63) is 11.6 Å². The van der Waals surface area contributed by atoms with E-state index in [0.29, 0.717) is 12.3 Å². The highest BCUT2D eigenvalue weighted by molar-refractivity contribution is 5.66. The monoisotopic (exact) mass is 688 g/mol. The average Bonchev–Trinajstić information content (AvgIpc) is 3.86. The molecule has 0 aromatic rings. The lowest BCUT2D eigenvalue weighted by Gasteiger charge is -2.62. The van der Waals surface area contributed by atoms with E-state index in [2.05, 4.69) is 40.7 Å². The Hall–Kier alpha value is -1.15. The van der Waals surface area contributed by atoms with E-state index >= 15 is 0 Å². The number of methoxy groups -OCH3 is 1. The van der Waals surface area contributed by atoms with Crippen LogP contribution in [-0.2, 0) is 38.0 Å². The number of esters is 1. The Balaban J connectivity index is 1.05. The second-order valence-electron chi connectivity index (χ2n) is 18.7. The minimum absolute atomic E-state index is 0.0519. The molecule has 11 heteroatoms. The number of carbonyl (C=O) groups excluding carboxylic acids is 1. The summed E-state index contributed by atoms with van der Waals surface area (Å²) in [6.07, 6.45) is 2.72. The summed E-state index contributed by atoms with van der Waals surface area (Å²) < 4.78 is 44.3. The van der Waals surface area contributed by atoms with Crippen molar-refractivity contribution in [2.24, 2.45) is 44.8 Å². The van der Waals surface area contributed by atoms with Crippen LogP contribution in [0.4, 0.5) is 0 Å². The minimum Gasteiger partial charge on any atom is -0.462 e. The summed E-state index contributed by atoms with van der Waals surface area (Å²) in [7, 11) is 1.66. The maximum Gasteiger partial charge on any atom is 0.302 e. The van der Waals surface area contributed by atoms with Gasteiger partial charge in [0.05, 0.1) is 18.8 Å². The molecule has 9 aliphatic rings. The predicted molar refractivity (Wildman–Crippen MR) is 172 cm³/mol. The first kappa shape index (κ1) is 33.7. The van der Waals surface area contributed by atoms with Gasteiger partial charge in [0, 0.05) is 36.7 Å². The Morgan fingerprint density at radius 2 is 1.73 bits per heavy atom. The van der Waals surface area contributed by atoms with Gasteiger partial charge in [-0.25, -0.2) is 0 Å². The van der Waals surface area contributed by atoms with Gasteiger partial charge in [-0.2, -0.15) is 0 Å². The molecule has 4 heterocycles. The summed E-state index contributed by atoms with van der Waals surface area (Å²) in [4.78, 5) is 12.9. The van der Waals surface area contributed by atoms with Gasteiger partial charge in [-0.05, 0) is 74.0 Å². The Bertz CT molecular complexity index is 1470. The maximum absolute atomic E-state index is 12.9. The topological polar surface area (TPSA) is 146 Å². The largest absolute Gasteiger partial charge is 0.462 e. The molecule has 1 unspecified atom stereocenters. The lowest BCUT2D eigenvalue weighted by Crippen LogP contribution is -2.61. The van der Waals surface area contributed by atoms with Gasteiger partial charge in [0.1, 0.15) is 36.1 Å². The van der Waals surface area contributed by atoms with E-state index in [4.69, 9.17) is 33.2 Å². The molecule has 274 valence electrons. The molecular formula is C38H56O11. The van der Waals surface area contributed by atoms with E-state index in [1.54, 1.807) is 14.0 Å². The smallest absolute Gasteiger partial charge is 0.302 e. The number of allylic oxidation sites excluding steroid dienone is 2. The third-order valence-corrected chi connectivity index (χ3v) is 16.3. The standard InChI is InChI=1S/C38H56O11/c1-18-13-38(30-35(7,48-30)31(43-8)49-38)47-21-14-33(5)23-10-9-22-32(3,4)24(46-29-28(42)27(41)20(40)16-44-29)11-12-36(22)17-37(23,36)15-25(45-19(2)39)34(33,6)26(18)21/h10,18,20-22,24-31,40-42H,9,11-17H2,1-8H3/t18-,20-,21+,22?,24+,25-,26+,27+,28-,29+,30-,31+,33+,34-,35+,36-,37+,38-/m1/s1. The average molecular weight is 689 g/mol. The molecule has 4 saturated heterocycles. The van der Waals surface area contributed by atoms with Gasteiger partial charge in [0.15, 0.2) is 12.6 Å². The number of hydrogen-bond acceptors (Lipinski definition) is 11. The second-order valence-corrected chi connectivity index (χ2v) is 18.7. The van der Waals surface area contributed by atoms with Crippen LogP contribution in [0.2, 0.25) is 0 Å². The van der Waals surface area contributed by atoms with Gasteiger partial charge in [-0.1, -0.05) is 46.3 Å². The molecule has 0 aromatic heterocycles. The number of fused-ring (bicyclic) bond motifs is 6. The Labute approximate surface area is 289 Å². The second kappa shape index (κ2) is 10.1. The van der Waals surface area contributed by atoms with Crippen LogP contribution in [-0.4, -0.2) is 102 Å². The van der Waals surface area contributed by atoms with Crippen molar-refractivity contribution in [2.45, 2.75) is 160 Å². The van der Waals surface area contributed by atoms with Crippen LogP contribution in [0.3, 0.4) is 0 Å². The first-order valence-electron chi connectivity index (χ1n) is 18.7. The molecule has 0 bridgehead atoms. The van der Waals surface area contributed by atoms with Crippen molar-refractivity contribution in [3.8, 4) is 0 Å². The lowest BCUT2D eigenvalue weighted by atomic mass is 9.44. The summed E-state index contributed by atoms with van der Waals surface area (Å²) in [5.74, 6) is -0.345. The summed E-state index contributed by atoms with van der Waals surface area (Å²) in [5.41, 5.74) is 0.173.